The number of rotatable bonds is 8. The molecular weight excluding hydrogens is 376 g/mol. The summed E-state index contributed by atoms with van der Waals surface area (Å²) in [5.41, 5.74) is 1.39. The number of aryl methyl sites for hydroxylation is 1. The summed E-state index contributed by atoms with van der Waals surface area (Å²) >= 11 is 0. The number of ether oxygens (including phenoxy) is 1. The minimum Gasteiger partial charge on any atom is -0.465 e. The largest absolute Gasteiger partial charge is 0.465 e. The third kappa shape index (κ3) is 5.64. The van der Waals surface area contributed by atoms with E-state index in [-0.39, 0.29) is 23.0 Å². The Bertz CT molecular complexity index is 925. The van der Waals surface area contributed by atoms with Crippen LogP contribution in [-0.4, -0.2) is 33.6 Å². The highest BCUT2D eigenvalue weighted by molar-refractivity contribution is 7.89. The van der Waals surface area contributed by atoms with Gasteiger partial charge in [-0.2, -0.15) is 0 Å². The minimum atomic E-state index is -3.79. The number of esters is 1. The maximum atomic E-state index is 12.8. The summed E-state index contributed by atoms with van der Waals surface area (Å²) in [7, 11) is -2.53. The predicted molar refractivity (Wildman–Crippen MR) is 110 cm³/mol. The third-order valence-corrected chi connectivity index (χ3v) is 6.05. The number of benzene rings is 2. The molecule has 2 aromatic rings. The van der Waals surface area contributed by atoms with Crippen molar-refractivity contribution in [2.75, 3.05) is 13.7 Å². The van der Waals surface area contributed by atoms with E-state index in [0.29, 0.717) is 5.56 Å². The van der Waals surface area contributed by atoms with E-state index >= 15 is 0 Å². The van der Waals surface area contributed by atoms with Crippen molar-refractivity contribution < 1.29 is 17.9 Å². The van der Waals surface area contributed by atoms with E-state index in [4.69, 9.17) is 0 Å². The van der Waals surface area contributed by atoms with Gasteiger partial charge in [0.05, 0.1) is 17.6 Å². The smallest absolute Gasteiger partial charge is 0.337 e. The van der Waals surface area contributed by atoms with Gasteiger partial charge in [0.25, 0.3) is 0 Å². The molecule has 0 amide bonds. The lowest BCUT2D eigenvalue weighted by atomic mass is 10.0. The Hall–Kier alpha value is -2.22. The van der Waals surface area contributed by atoms with Gasteiger partial charge in [-0.15, -0.1) is 0 Å². The van der Waals surface area contributed by atoms with Crippen LogP contribution in [0.5, 0.6) is 0 Å². The van der Waals surface area contributed by atoms with Crippen molar-refractivity contribution in [2.24, 2.45) is 0 Å². The summed E-state index contributed by atoms with van der Waals surface area (Å²) in [6.07, 6.45) is 0. The molecule has 0 saturated heterocycles. The fraction of sp³-hybridized carbons (Fsp3) is 0.381. The van der Waals surface area contributed by atoms with Crippen molar-refractivity contribution in [3.05, 3.63) is 65.2 Å². The molecule has 6 nitrogen and oxygen atoms in total. The average molecular weight is 405 g/mol. The van der Waals surface area contributed by atoms with Crippen LogP contribution in [0, 0.1) is 6.92 Å². The standard InChI is InChI=1S/C21H28N2O4S/c1-15-11-12-18(20(24)27-5)13-19(15)28(25,26)22-14-21(3,4)23-16(2)17-9-7-6-8-10-17/h6-13,16,22-23H,14H2,1-5H3. The molecule has 2 aromatic carbocycles. The van der Waals surface area contributed by atoms with Crippen LogP contribution in [0.3, 0.4) is 0 Å². The average Bonchev–Trinajstić information content (AvgIpc) is 2.66. The molecule has 0 fully saturated rings. The van der Waals surface area contributed by atoms with Gasteiger partial charge in [-0.1, -0.05) is 36.4 Å². The second-order valence-corrected chi connectivity index (χ2v) is 9.19. The van der Waals surface area contributed by atoms with E-state index < -0.39 is 21.5 Å². The molecule has 0 aliphatic carbocycles. The SMILES string of the molecule is COC(=O)c1ccc(C)c(S(=O)(=O)NCC(C)(C)NC(C)c2ccccc2)c1. The maximum Gasteiger partial charge on any atom is 0.337 e. The van der Waals surface area contributed by atoms with E-state index in [1.165, 1.54) is 13.2 Å². The minimum absolute atomic E-state index is 0.0603. The molecule has 0 heterocycles. The first-order valence-electron chi connectivity index (χ1n) is 9.07. The van der Waals surface area contributed by atoms with E-state index in [1.807, 2.05) is 51.1 Å². The molecule has 7 heteroatoms. The molecule has 1 atom stereocenters. The normalized spacial score (nSPS) is 13.2. The summed E-state index contributed by atoms with van der Waals surface area (Å²) in [6.45, 7) is 7.79. The van der Waals surface area contributed by atoms with Crippen LogP contribution in [0.2, 0.25) is 0 Å². The lowest BCUT2D eigenvalue weighted by Gasteiger charge is -2.31. The first kappa shape index (κ1) is 22.1. The van der Waals surface area contributed by atoms with Gasteiger partial charge in [0.15, 0.2) is 0 Å². The van der Waals surface area contributed by atoms with Crippen molar-refractivity contribution in [1.82, 2.24) is 10.0 Å². The molecule has 2 rings (SSSR count). The first-order chi connectivity index (χ1) is 13.1. The molecule has 2 N–H and O–H groups in total. The third-order valence-electron chi connectivity index (χ3n) is 4.51. The number of methoxy groups -OCH3 is 1. The van der Waals surface area contributed by atoms with Gasteiger partial charge in [-0.3, -0.25) is 0 Å². The van der Waals surface area contributed by atoms with E-state index in [1.54, 1.807) is 19.1 Å². The highest BCUT2D eigenvalue weighted by Gasteiger charge is 2.25. The van der Waals surface area contributed by atoms with Gasteiger partial charge in [-0.05, 0) is 51.0 Å². The van der Waals surface area contributed by atoms with Crippen LogP contribution < -0.4 is 10.0 Å². The number of hydrogen-bond donors (Lipinski definition) is 2. The van der Waals surface area contributed by atoms with E-state index in [0.717, 1.165) is 5.56 Å². The van der Waals surface area contributed by atoms with Crippen LogP contribution in [0.15, 0.2) is 53.4 Å². The first-order valence-corrected chi connectivity index (χ1v) is 10.6. The predicted octanol–water partition coefficient (Wildman–Crippen LogP) is 3.19. The van der Waals surface area contributed by atoms with Gasteiger partial charge in [0.1, 0.15) is 0 Å². The second-order valence-electron chi connectivity index (χ2n) is 7.46. The van der Waals surface area contributed by atoms with Gasteiger partial charge in [0.2, 0.25) is 10.0 Å². The summed E-state index contributed by atoms with van der Waals surface area (Å²) in [5, 5.41) is 3.45. The van der Waals surface area contributed by atoms with Gasteiger partial charge in [-0.25, -0.2) is 17.9 Å². The topological polar surface area (TPSA) is 84.5 Å². The van der Waals surface area contributed by atoms with Crippen molar-refractivity contribution in [3.63, 3.8) is 0 Å². The van der Waals surface area contributed by atoms with Crippen molar-refractivity contribution in [1.29, 1.82) is 0 Å². The summed E-state index contributed by atoms with van der Waals surface area (Å²) in [6, 6.07) is 14.5. The molecule has 0 aliphatic rings. The van der Waals surface area contributed by atoms with Gasteiger partial charge < -0.3 is 10.1 Å². The zero-order chi connectivity index (χ0) is 20.9. The lowest BCUT2D eigenvalue weighted by molar-refractivity contribution is 0.0600. The van der Waals surface area contributed by atoms with Crippen molar-refractivity contribution in [2.45, 2.75) is 44.2 Å². The lowest BCUT2D eigenvalue weighted by Crippen LogP contribution is -2.49. The number of nitrogens with one attached hydrogen (secondary N) is 2. The Morgan fingerprint density at radius 3 is 2.39 bits per heavy atom. The highest BCUT2D eigenvalue weighted by Crippen LogP contribution is 2.19. The molecule has 0 radical (unpaired) electrons. The van der Waals surface area contributed by atoms with Crippen LogP contribution >= 0.6 is 0 Å². The number of hydrogen-bond acceptors (Lipinski definition) is 5. The molecule has 0 saturated carbocycles. The fourth-order valence-electron chi connectivity index (χ4n) is 2.95. The van der Waals surface area contributed by atoms with Gasteiger partial charge in [0, 0.05) is 18.1 Å². The molecule has 0 aliphatic heterocycles. The maximum absolute atomic E-state index is 12.8. The van der Waals surface area contributed by atoms with E-state index in [2.05, 4.69) is 14.8 Å². The fourth-order valence-corrected chi connectivity index (χ4v) is 4.43. The highest BCUT2D eigenvalue weighted by atomic mass is 32.2. The van der Waals surface area contributed by atoms with Crippen LogP contribution in [0.25, 0.3) is 0 Å². The number of carbonyl (C=O) groups excluding carboxylic acids is 1. The van der Waals surface area contributed by atoms with E-state index in [9.17, 15) is 13.2 Å². The summed E-state index contributed by atoms with van der Waals surface area (Å²) < 4.78 is 33.0. The Kier molecular flexibility index (Phi) is 6.98. The molecule has 1 unspecified atom stereocenters. The number of carbonyl (C=O) groups is 1. The van der Waals surface area contributed by atoms with Crippen LogP contribution in [-0.2, 0) is 14.8 Å². The zero-order valence-electron chi connectivity index (χ0n) is 16.9. The molecule has 0 spiro atoms. The van der Waals surface area contributed by atoms with Crippen molar-refractivity contribution >= 4 is 16.0 Å². The Morgan fingerprint density at radius 1 is 1.14 bits per heavy atom. The molecule has 0 bridgehead atoms. The van der Waals surface area contributed by atoms with Gasteiger partial charge >= 0.3 is 5.97 Å². The molecule has 0 aromatic heterocycles. The Labute approximate surface area is 167 Å². The molecule has 28 heavy (non-hydrogen) atoms. The summed E-state index contributed by atoms with van der Waals surface area (Å²) in [4.78, 5) is 11.8. The Morgan fingerprint density at radius 2 is 1.79 bits per heavy atom. The molecule has 152 valence electrons. The monoisotopic (exact) mass is 404 g/mol. The quantitative estimate of drug-likeness (QED) is 0.660. The number of sulfonamides is 1. The summed E-state index contributed by atoms with van der Waals surface area (Å²) in [5.74, 6) is -0.574. The van der Waals surface area contributed by atoms with Crippen LogP contribution in [0.1, 0.15) is 48.3 Å². The van der Waals surface area contributed by atoms with Crippen molar-refractivity contribution in [3.8, 4) is 0 Å². The zero-order valence-corrected chi connectivity index (χ0v) is 17.8. The molecular formula is C21H28N2O4S. The Balaban J connectivity index is 2.13. The van der Waals surface area contributed by atoms with Crippen LogP contribution in [0.4, 0.5) is 0 Å². The second kappa shape index (κ2) is 8.86.